The predicted octanol–water partition coefficient (Wildman–Crippen LogP) is -2.10. The van der Waals surface area contributed by atoms with Gasteiger partial charge in [0.2, 0.25) is 5.91 Å². The summed E-state index contributed by atoms with van der Waals surface area (Å²) in [5.41, 5.74) is 4.53. The van der Waals surface area contributed by atoms with Gasteiger partial charge in [0.1, 0.15) is 11.6 Å². The quantitative estimate of drug-likeness (QED) is 0.197. The monoisotopic (exact) mass is 331 g/mol. The molecule has 1 heterocycles. The van der Waals surface area contributed by atoms with Crippen LogP contribution >= 0.6 is 0 Å². The van der Waals surface area contributed by atoms with Gasteiger partial charge in [-0.2, -0.15) is 0 Å². The lowest BCUT2D eigenvalue weighted by Crippen LogP contribution is -2.48. The van der Waals surface area contributed by atoms with Gasteiger partial charge in [-0.3, -0.25) is 14.9 Å². The number of carboxylic acids is 1. The van der Waals surface area contributed by atoms with E-state index in [1.165, 1.54) is 7.11 Å². The van der Waals surface area contributed by atoms with Crippen molar-refractivity contribution in [1.29, 1.82) is 0 Å². The Hall–Kier alpha value is -1.20. The number of rotatable bonds is 10. The van der Waals surface area contributed by atoms with Crippen LogP contribution in [0.5, 0.6) is 0 Å². The summed E-state index contributed by atoms with van der Waals surface area (Å²) in [6.07, 6.45) is 1.88. The maximum absolute atomic E-state index is 11.9. The van der Waals surface area contributed by atoms with E-state index in [0.717, 1.165) is 0 Å². The molecule has 0 radical (unpaired) electrons. The third-order valence-corrected chi connectivity index (χ3v) is 4.04. The Bertz CT molecular complexity index is 411. The van der Waals surface area contributed by atoms with E-state index in [0.29, 0.717) is 25.8 Å². The Morgan fingerprint density at radius 1 is 1.48 bits per heavy atom. The number of nitrogens with two attached hydrogens (primary N) is 1. The highest BCUT2D eigenvalue weighted by atomic mass is 16.5. The van der Waals surface area contributed by atoms with Crippen molar-refractivity contribution in [2.45, 2.75) is 49.6 Å². The number of carboxylic acid groups (broad SMARTS) is 1. The normalized spacial score (nSPS) is 25.1. The molecule has 0 bridgehead atoms. The molecule has 3 atom stereocenters. The van der Waals surface area contributed by atoms with E-state index in [1.807, 2.05) is 0 Å². The standard InChI is InChI=1S/C13H26BN3O6/c1-23-8-10(15)11(18)17-9-6-13(12(19)20,16-7-9)4-2-3-5-14(21)22/h9-10,16,21-22H,2-8,15H2,1H3,(H,17,18)(H,19,20)/t9?,10?,13-/m1/s1. The molecule has 1 aliphatic heterocycles. The van der Waals surface area contributed by atoms with Gasteiger partial charge < -0.3 is 30.9 Å². The van der Waals surface area contributed by atoms with Crippen molar-refractivity contribution >= 4 is 19.0 Å². The van der Waals surface area contributed by atoms with Gasteiger partial charge in [0, 0.05) is 19.7 Å². The maximum Gasteiger partial charge on any atom is 0.451 e. The summed E-state index contributed by atoms with van der Waals surface area (Å²) in [5.74, 6) is -1.34. The molecular weight excluding hydrogens is 305 g/mol. The fourth-order valence-electron chi connectivity index (χ4n) is 2.76. The first-order valence-electron chi connectivity index (χ1n) is 7.70. The van der Waals surface area contributed by atoms with Crippen LogP contribution in [0.25, 0.3) is 0 Å². The maximum atomic E-state index is 11.9. The SMILES string of the molecule is COCC(N)C(=O)NC1CN[C@@](CCCCB(O)O)(C(=O)O)C1. The number of methoxy groups -OCH3 is 1. The minimum atomic E-state index is -1.37. The summed E-state index contributed by atoms with van der Waals surface area (Å²) >= 11 is 0. The number of aliphatic carboxylic acids is 1. The van der Waals surface area contributed by atoms with E-state index in [1.54, 1.807) is 0 Å². The largest absolute Gasteiger partial charge is 0.480 e. The number of nitrogens with one attached hydrogen (secondary N) is 2. The zero-order valence-corrected chi connectivity index (χ0v) is 13.3. The molecule has 1 aliphatic rings. The lowest BCUT2D eigenvalue weighted by molar-refractivity contribution is -0.144. The van der Waals surface area contributed by atoms with E-state index < -0.39 is 24.7 Å². The average molecular weight is 331 g/mol. The number of amides is 1. The van der Waals surface area contributed by atoms with Crippen LogP contribution in [0.1, 0.15) is 25.7 Å². The number of unbranched alkanes of at least 4 members (excludes halogenated alkanes) is 1. The molecule has 132 valence electrons. The molecule has 1 amide bonds. The van der Waals surface area contributed by atoms with Crippen molar-refractivity contribution in [3.05, 3.63) is 0 Å². The van der Waals surface area contributed by atoms with Crippen LogP contribution in [0, 0.1) is 0 Å². The summed E-state index contributed by atoms with van der Waals surface area (Å²) in [5, 5.41) is 32.8. The fourth-order valence-corrected chi connectivity index (χ4v) is 2.76. The minimum absolute atomic E-state index is 0.0968. The molecule has 1 rings (SSSR count). The van der Waals surface area contributed by atoms with Gasteiger partial charge in [-0.25, -0.2) is 0 Å². The predicted molar refractivity (Wildman–Crippen MR) is 83.6 cm³/mol. The van der Waals surface area contributed by atoms with Gasteiger partial charge in [-0.1, -0.05) is 12.8 Å². The van der Waals surface area contributed by atoms with Crippen molar-refractivity contribution in [3.8, 4) is 0 Å². The molecule has 1 fully saturated rings. The summed E-state index contributed by atoms with van der Waals surface area (Å²) in [6, 6.07) is -1.10. The third-order valence-electron chi connectivity index (χ3n) is 4.04. The van der Waals surface area contributed by atoms with Crippen LogP contribution in [0.3, 0.4) is 0 Å². The van der Waals surface area contributed by atoms with Crippen molar-refractivity contribution in [3.63, 3.8) is 0 Å². The first-order chi connectivity index (χ1) is 10.8. The fraction of sp³-hybridized carbons (Fsp3) is 0.846. The van der Waals surface area contributed by atoms with Gasteiger partial charge in [0.25, 0.3) is 0 Å². The highest BCUT2D eigenvalue weighted by Crippen LogP contribution is 2.26. The lowest BCUT2D eigenvalue weighted by Gasteiger charge is -2.25. The molecule has 7 N–H and O–H groups in total. The van der Waals surface area contributed by atoms with Crippen LogP contribution in [-0.4, -0.2) is 72.0 Å². The molecule has 0 saturated carbocycles. The Morgan fingerprint density at radius 2 is 2.17 bits per heavy atom. The van der Waals surface area contributed by atoms with Crippen molar-refractivity contribution < 1.29 is 29.5 Å². The van der Waals surface area contributed by atoms with Gasteiger partial charge in [0.15, 0.2) is 0 Å². The molecule has 1 saturated heterocycles. The molecule has 0 spiro atoms. The number of hydrogen-bond acceptors (Lipinski definition) is 7. The summed E-state index contributed by atoms with van der Waals surface area (Å²) in [6.45, 7) is 0.444. The van der Waals surface area contributed by atoms with Crippen LogP contribution in [0.2, 0.25) is 6.32 Å². The van der Waals surface area contributed by atoms with Crippen LogP contribution in [0.15, 0.2) is 0 Å². The van der Waals surface area contributed by atoms with Crippen LogP contribution in [-0.2, 0) is 14.3 Å². The number of hydrogen-bond donors (Lipinski definition) is 6. The molecule has 23 heavy (non-hydrogen) atoms. The Morgan fingerprint density at radius 3 is 2.74 bits per heavy atom. The molecule has 0 aliphatic carbocycles. The molecule has 0 aromatic rings. The van der Waals surface area contributed by atoms with Crippen molar-refractivity contribution in [1.82, 2.24) is 10.6 Å². The highest BCUT2D eigenvalue weighted by molar-refractivity contribution is 6.40. The van der Waals surface area contributed by atoms with Gasteiger partial charge in [-0.15, -0.1) is 0 Å². The first kappa shape index (κ1) is 19.9. The Labute approximate surface area is 135 Å². The van der Waals surface area contributed by atoms with E-state index in [-0.39, 0.29) is 31.3 Å². The molecule has 0 aromatic heterocycles. The smallest absolute Gasteiger partial charge is 0.451 e. The van der Waals surface area contributed by atoms with Gasteiger partial charge in [-0.05, 0) is 19.2 Å². The zero-order chi connectivity index (χ0) is 17.5. The zero-order valence-electron chi connectivity index (χ0n) is 13.3. The van der Waals surface area contributed by atoms with E-state index in [4.69, 9.17) is 20.5 Å². The number of carbonyl (C=O) groups excluding carboxylic acids is 1. The Kier molecular flexibility index (Phi) is 7.93. The highest BCUT2D eigenvalue weighted by Gasteiger charge is 2.45. The van der Waals surface area contributed by atoms with Crippen molar-refractivity contribution in [2.24, 2.45) is 5.73 Å². The second kappa shape index (κ2) is 9.19. The van der Waals surface area contributed by atoms with Crippen LogP contribution in [0.4, 0.5) is 0 Å². The lowest BCUT2D eigenvalue weighted by atomic mass is 9.81. The second-order valence-electron chi connectivity index (χ2n) is 5.97. The summed E-state index contributed by atoms with van der Waals surface area (Å²) < 4.78 is 4.82. The van der Waals surface area contributed by atoms with E-state index in [9.17, 15) is 14.7 Å². The molecule has 10 heteroatoms. The molecule has 9 nitrogen and oxygen atoms in total. The third kappa shape index (κ3) is 6.07. The van der Waals surface area contributed by atoms with E-state index >= 15 is 0 Å². The summed E-state index contributed by atoms with van der Waals surface area (Å²) in [7, 11) is 0.0740. The van der Waals surface area contributed by atoms with Gasteiger partial charge >= 0.3 is 13.1 Å². The first-order valence-corrected chi connectivity index (χ1v) is 7.70. The van der Waals surface area contributed by atoms with Gasteiger partial charge in [0.05, 0.1) is 6.61 Å². The topological polar surface area (TPSA) is 154 Å². The van der Waals surface area contributed by atoms with Crippen molar-refractivity contribution in [2.75, 3.05) is 20.3 Å². The number of ether oxygens (including phenoxy) is 1. The van der Waals surface area contributed by atoms with E-state index in [2.05, 4.69) is 10.6 Å². The minimum Gasteiger partial charge on any atom is -0.480 e. The van der Waals surface area contributed by atoms with Crippen LogP contribution < -0.4 is 16.4 Å². The molecule has 0 aromatic carbocycles. The second-order valence-corrected chi connectivity index (χ2v) is 5.97. The Balaban J connectivity index is 2.51. The molecular formula is C13H26BN3O6. The number of carbonyl (C=O) groups is 2. The summed E-state index contributed by atoms with van der Waals surface area (Å²) in [4.78, 5) is 23.5. The molecule has 2 unspecified atom stereocenters. The average Bonchev–Trinajstić information content (AvgIpc) is 2.88.